The Balaban J connectivity index is 1.89. The number of carbonyl (C=O) groups is 2. The third-order valence-corrected chi connectivity index (χ3v) is 5.40. The van der Waals surface area contributed by atoms with Gasteiger partial charge in [-0.3, -0.25) is 4.79 Å². The molecule has 28 heavy (non-hydrogen) atoms. The highest BCUT2D eigenvalue weighted by Crippen LogP contribution is 2.14. The van der Waals surface area contributed by atoms with Crippen LogP contribution in [0.2, 0.25) is 0 Å². The van der Waals surface area contributed by atoms with Crippen molar-refractivity contribution in [3.8, 4) is 0 Å². The first-order valence-electron chi connectivity index (χ1n) is 8.53. The topological polar surface area (TPSA) is 89.5 Å². The van der Waals surface area contributed by atoms with Crippen molar-refractivity contribution >= 4 is 33.5 Å². The molecular weight excluding hydrogens is 385 g/mol. The van der Waals surface area contributed by atoms with Crippen molar-refractivity contribution in [2.45, 2.75) is 18.2 Å². The molecule has 0 aromatic heterocycles. The number of amides is 1. The highest BCUT2D eigenvalue weighted by Gasteiger charge is 2.16. The van der Waals surface area contributed by atoms with Crippen LogP contribution < -0.4 is 5.32 Å². The van der Waals surface area contributed by atoms with Crippen LogP contribution in [-0.2, 0) is 24.2 Å². The summed E-state index contributed by atoms with van der Waals surface area (Å²) >= 11 is 0. The van der Waals surface area contributed by atoms with Crippen LogP contribution in [0.25, 0.3) is 6.08 Å². The molecule has 0 aliphatic rings. The minimum Gasteiger partial charge on any atom is -0.463 e. The summed E-state index contributed by atoms with van der Waals surface area (Å²) in [6.07, 6.45) is 2.65. The van der Waals surface area contributed by atoms with Gasteiger partial charge in [0.1, 0.15) is 5.82 Å². The van der Waals surface area contributed by atoms with Gasteiger partial charge in [0.2, 0.25) is 5.91 Å². The quantitative estimate of drug-likeness (QED) is 0.414. The Bertz CT molecular complexity index is 951. The zero-order valence-electron chi connectivity index (χ0n) is 15.2. The molecule has 0 unspecified atom stereocenters. The van der Waals surface area contributed by atoms with E-state index < -0.39 is 27.5 Å². The maximum atomic E-state index is 12.9. The van der Waals surface area contributed by atoms with Crippen LogP contribution in [0.15, 0.2) is 59.5 Å². The highest BCUT2D eigenvalue weighted by atomic mass is 32.2. The summed E-state index contributed by atoms with van der Waals surface area (Å²) < 4.78 is 42.0. The van der Waals surface area contributed by atoms with Crippen molar-refractivity contribution in [3.63, 3.8) is 0 Å². The van der Waals surface area contributed by atoms with E-state index in [2.05, 4.69) is 5.32 Å². The fraction of sp³-hybridized carbons (Fsp3) is 0.200. The van der Waals surface area contributed by atoms with Gasteiger partial charge in [0.25, 0.3) is 0 Å². The standard InChI is InChI=1S/C20H20FNO5S/c1-2-27-20(24)12-5-15-3-8-17(9-4-15)22-19(23)13-14-28(25,26)18-10-6-16(21)7-11-18/h3-12H,2,13-14H2,1H3,(H,22,23). The van der Waals surface area contributed by atoms with Crippen LogP contribution >= 0.6 is 0 Å². The molecule has 148 valence electrons. The molecule has 0 bridgehead atoms. The molecule has 0 atom stereocenters. The average molecular weight is 405 g/mol. The van der Waals surface area contributed by atoms with E-state index >= 15 is 0 Å². The van der Waals surface area contributed by atoms with E-state index in [1.807, 2.05) is 0 Å². The molecule has 1 N–H and O–H groups in total. The van der Waals surface area contributed by atoms with E-state index in [1.54, 1.807) is 37.3 Å². The molecule has 0 aliphatic heterocycles. The Morgan fingerprint density at radius 3 is 2.32 bits per heavy atom. The molecular formula is C20H20FNO5S. The van der Waals surface area contributed by atoms with Crippen molar-refractivity contribution in [2.24, 2.45) is 0 Å². The molecule has 0 radical (unpaired) electrons. The summed E-state index contributed by atoms with van der Waals surface area (Å²) in [4.78, 5) is 23.2. The summed E-state index contributed by atoms with van der Waals surface area (Å²) in [5, 5.41) is 2.61. The first-order valence-corrected chi connectivity index (χ1v) is 10.2. The number of ether oxygens (including phenoxy) is 1. The summed E-state index contributed by atoms with van der Waals surface area (Å²) in [6.45, 7) is 2.01. The van der Waals surface area contributed by atoms with Crippen LogP contribution in [-0.4, -0.2) is 32.7 Å². The molecule has 2 aromatic carbocycles. The van der Waals surface area contributed by atoms with Gasteiger partial charge >= 0.3 is 5.97 Å². The number of carbonyl (C=O) groups excluding carboxylic acids is 2. The minimum absolute atomic E-state index is 0.0283. The number of halogens is 1. The van der Waals surface area contributed by atoms with E-state index in [-0.39, 0.29) is 17.1 Å². The van der Waals surface area contributed by atoms with Crippen LogP contribution in [0.1, 0.15) is 18.9 Å². The zero-order chi connectivity index (χ0) is 20.6. The molecule has 0 saturated heterocycles. The van der Waals surface area contributed by atoms with Crippen molar-refractivity contribution < 1.29 is 27.1 Å². The Kier molecular flexibility index (Phi) is 7.45. The predicted molar refractivity (Wildman–Crippen MR) is 104 cm³/mol. The number of anilines is 1. The smallest absolute Gasteiger partial charge is 0.330 e. The molecule has 0 saturated carbocycles. The SMILES string of the molecule is CCOC(=O)C=Cc1ccc(NC(=O)CCS(=O)(=O)c2ccc(F)cc2)cc1. The maximum absolute atomic E-state index is 12.9. The lowest BCUT2D eigenvalue weighted by molar-refractivity contribution is -0.137. The predicted octanol–water partition coefficient (Wildman–Crippen LogP) is 3.20. The van der Waals surface area contributed by atoms with Gasteiger partial charge in [-0.25, -0.2) is 17.6 Å². The van der Waals surface area contributed by atoms with Gasteiger partial charge in [0, 0.05) is 18.2 Å². The average Bonchev–Trinajstić information content (AvgIpc) is 2.66. The van der Waals surface area contributed by atoms with E-state index in [9.17, 15) is 22.4 Å². The number of sulfone groups is 1. The number of esters is 1. The van der Waals surface area contributed by atoms with Gasteiger partial charge in [0.15, 0.2) is 9.84 Å². The molecule has 1 amide bonds. The van der Waals surface area contributed by atoms with E-state index in [4.69, 9.17) is 4.74 Å². The number of hydrogen-bond acceptors (Lipinski definition) is 5. The molecule has 2 aromatic rings. The Morgan fingerprint density at radius 2 is 1.71 bits per heavy atom. The fourth-order valence-electron chi connectivity index (χ4n) is 2.24. The zero-order valence-corrected chi connectivity index (χ0v) is 16.0. The fourth-order valence-corrected chi connectivity index (χ4v) is 3.48. The lowest BCUT2D eigenvalue weighted by Crippen LogP contribution is -2.17. The summed E-state index contributed by atoms with van der Waals surface area (Å²) in [5.74, 6) is -1.81. The van der Waals surface area contributed by atoms with Crippen LogP contribution in [0.4, 0.5) is 10.1 Å². The van der Waals surface area contributed by atoms with Gasteiger partial charge < -0.3 is 10.1 Å². The van der Waals surface area contributed by atoms with Gasteiger partial charge in [-0.2, -0.15) is 0 Å². The molecule has 0 fully saturated rings. The Labute approximate surface area is 162 Å². The lowest BCUT2D eigenvalue weighted by Gasteiger charge is -2.07. The van der Waals surface area contributed by atoms with Gasteiger partial charge in [-0.05, 0) is 55.0 Å². The highest BCUT2D eigenvalue weighted by molar-refractivity contribution is 7.91. The third kappa shape index (κ3) is 6.62. The summed E-state index contributed by atoms with van der Waals surface area (Å²) in [6, 6.07) is 11.1. The van der Waals surface area contributed by atoms with Gasteiger partial charge in [0.05, 0.1) is 17.3 Å². The molecule has 0 heterocycles. The molecule has 0 aliphatic carbocycles. The Hall–Kier alpha value is -3.00. The third-order valence-electron chi connectivity index (χ3n) is 3.66. The van der Waals surface area contributed by atoms with Crippen molar-refractivity contribution in [3.05, 3.63) is 66.0 Å². The molecule has 2 rings (SSSR count). The second-order valence-corrected chi connectivity index (χ2v) is 7.89. The number of hydrogen-bond donors (Lipinski definition) is 1. The van der Waals surface area contributed by atoms with Gasteiger partial charge in [-0.15, -0.1) is 0 Å². The van der Waals surface area contributed by atoms with Crippen LogP contribution in [0, 0.1) is 5.82 Å². The van der Waals surface area contributed by atoms with Crippen LogP contribution in [0.5, 0.6) is 0 Å². The lowest BCUT2D eigenvalue weighted by atomic mass is 10.2. The Morgan fingerprint density at radius 1 is 1.07 bits per heavy atom. The second kappa shape index (κ2) is 9.80. The van der Waals surface area contributed by atoms with E-state index in [0.29, 0.717) is 12.3 Å². The first-order chi connectivity index (χ1) is 13.3. The summed E-state index contributed by atoms with van der Waals surface area (Å²) in [7, 11) is -3.67. The molecule has 6 nitrogen and oxygen atoms in total. The van der Waals surface area contributed by atoms with Crippen LogP contribution in [0.3, 0.4) is 0 Å². The monoisotopic (exact) mass is 405 g/mol. The molecule has 0 spiro atoms. The van der Waals surface area contributed by atoms with Crippen molar-refractivity contribution in [2.75, 3.05) is 17.7 Å². The minimum atomic E-state index is -3.67. The number of rotatable bonds is 8. The maximum Gasteiger partial charge on any atom is 0.330 e. The van der Waals surface area contributed by atoms with Gasteiger partial charge in [-0.1, -0.05) is 12.1 Å². The first kappa shape index (κ1) is 21.3. The summed E-state index contributed by atoms with van der Waals surface area (Å²) in [5.41, 5.74) is 1.24. The normalized spacial score (nSPS) is 11.4. The largest absolute Gasteiger partial charge is 0.463 e. The number of nitrogens with one attached hydrogen (secondary N) is 1. The van der Waals surface area contributed by atoms with E-state index in [1.165, 1.54) is 18.2 Å². The van der Waals surface area contributed by atoms with E-state index in [0.717, 1.165) is 17.7 Å². The second-order valence-electron chi connectivity index (χ2n) is 5.78. The molecule has 8 heteroatoms. The van der Waals surface area contributed by atoms with Crippen molar-refractivity contribution in [1.29, 1.82) is 0 Å². The van der Waals surface area contributed by atoms with Crippen molar-refractivity contribution in [1.82, 2.24) is 0 Å². The number of benzene rings is 2.